The van der Waals surface area contributed by atoms with E-state index >= 15 is 0 Å². The van der Waals surface area contributed by atoms with Crippen LogP contribution < -0.4 is 5.73 Å². The van der Waals surface area contributed by atoms with Crippen LogP contribution in [0.3, 0.4) is 0 Å². The van der Waals surface area contributed by atoms with Gasteiger partial charge in [-0.2, -0.15) is 0 Å². The Morgan fingerprint density at radius 1 is 1.05 bits per heavy atom. The average Bonchev–Trinajstić information content (AvgIpc) is 2.50. The van der Waals surface area contributed by atoms with Crippen molar-refractivity contribution in [2.75, 3.05) is 24.6 Å². The van der Waals surface area contributed by atoms with Gasteiger partial charge in [0.2, 0.25) is 5.91 Å². The Hall–Kier alpha value is -0.620. The number of nitrogens with two attached hydrogens (primary N) is 1. The lowest BCUT2D eigenvalue weighted by atomic mass is 9.80. The van der Waals surface area contributed by atoms with Crippen LogP contribution in [0.1, 0.15) is 44.9 Å². The van der Waals surface area contributed by atoms with Crippen LogP contribution in [0.4, 0.5) is 0 Å². The first kappa shape index (κ1) is 14.8. The van der Waals surface area contributed by atoms with E-state index in [1.807, 2.05) is 0 Å². The molecule has 0 aromatic rings. The molecule has 110 valence electrons. The van der Waals surface area contributed by atoms with Crippen molar-refractivity contribution in [2.24, 2.45) is 5.73 Å². The molecule has 1 aliphatic carbocycles. The van der Waals surface area contributed by atoms with Crippen LogP contribution in [0, 0.1) is 0 Å². The lowest BCUT2D eigenvalue weighted by Gasteiger charge is -2.34. The summed E-state index contributed by atoms with van der Waals surface area (Å²) in [5, 5.41) is 0. The highest BCUT2D eigenvalue weighted by Gasteiger charge is 2.32. The largest absolute Gasteiger partial charge is 0.342 e. The van der Waals surface area contributed by atoms with Crippen molar-refractivity contribution in [3.63, 3.8) is 0 Å². The van der Waals surface area contributed by atoms with E-state index < -0.39 is 9.84 Å². The summed E-state index contributed by atoms with van der Waals surface area (Å²) >= 11 is 0. The first-order valence-electron chi connectivity index (χ1n) is 7.17. The molecule has 2 N–H and O–H groups in total. The van der Waals surface area contributed by atoms with E-state index in [4.69, 9.17) is 5.73 Å². The Morgan fingerprint density at radius 2 is 1.74 bits per heavy atom. The molecule has 0 bridgehead atoms. The second-order valence-corrected chi connectivity index (χ2v) is 8.29. The molecule has 6 heteroatoms. The molecule has 0 atom stereocenters. The van der Waals surface area contributed by atoms with Gasteiger partial charge in [0.15, 0.2) is 9.84 Å². The Bertz CT molecular complexity index is 427. The Balaban J connectivity index is 1.92. The minimum absolute atomic E-state index is 0.0292. The maximum Gasteiger partial charge on any atom is 0.224 e. The summed E-state index contributed by atoms with van der Waals surface area (Å²) in [6, 6.07) is 0. The lowest BCUT2D eigenvalue weighted by molar-refractivity contribution is -0.132. The maximum atomic E-state index is 12.3. The third-order valence-electron chi connectivity index (χ3n) is 4.26. The van der Waals surface area contributed by atoms with Crippen molar-refractivity contribution in [3.8, 4) is 0 Å². The van der Waals surface area contributed by atoms with Crippen molar-refractivity contribution < 1.29 is 13.2 Å². The molecule has 2 rings (SSSR count). The first-order valence-corrected chi connectivity index (χ1v) is 9.00. The molecule has 0 radical (unpaired) electrons. The third kappa shape index (κ3) is 4.18. The smallest absolute Gasteiger partial charge is 0.224 e. The van der Waals surface area contributed by atoms with Gasteiger partial charge in [-0.1, -0.05) is 19.3 Å². The number of hydrogen-bond donors (Lipinski definition) is 1. The SMILES string of the molecule is NC1(CC(=O)N2CCCS(=O)(=O)CC2)CCCCC1. The molecule has 2 aliphatic rings. The summed E-state index contributed by atoms with van der Waals surface area (Å²) in [5.41, 5.74) is 5.93. The second kappa shape index (κ2) is 5.79. The molecule has 19 heavy (non-hydrogen) atoms. The molecule has 1 heterocycles. The number of hydrogen-bond acceptors (Lipinski definition) is 4. The summed E-state index contributed by atoms with van der Waals surface area (Å²) in [6.45, 7) is 0.880. The standard InChI is InChI=1S/C13H24N2O3S/c14-13(5-2-1-3-6-13)11-12(16)15-7-4-9-19(17,18)10-8-15/h1-11,14H2. The van der Waals surface area contributed by atoms with Gasteiger partial charge in [0, 0.05) is 25.0 Å². The Morgan fingerprint density at radius 3 is 2.42 bits per heavy atom. The van der Waals surface area contributed by atoms with Gasteiger partial charge in [-0.15, -0.1) is 0 Å². The molecule has 1 aliphatic heterocycles. The number of rotatable bonds is 2. The molecule has 0 spiro atoms. The molecule has 1 amide bonds. The van der Waals surface area contributed by atoms with E-state index in [1.54, 1.807) is 4.90 Å². The van der Waals surface area contributed by atoms with Gasteiger partial charge < -0.3 is 10.6 Å². The van der Waals surface area contributed by atoms with Gasteiger partial charge in [0.05, 0.1) is 11.5 Å². The summed E-state index contributed by atoms with van der Waals surface area (Å²) in [4.78, 5) is 14.0. The van der Waals surface area contributed by atoms with Gasteiger partial charge in [-0.25, -0.2) is 8.42 Å². The fourth-order valence-electron chi connectivity index (χ4n) is 3.03. The zero-order valence-corrected chi connectivity index (χ0v) is 12.3. The van der Waals surface area contributed by atoms with Crippen LogP contribution in [0.15, 0.2) is 0 Å². The topological polar surface area (TPSA) is 80.5 Å². The molecule has 0 unspecified atom stereocenters. The molecular formula is C13H24N2O3S. The van der Waals surface area contributed by atoms with Crippen molar-refractivity contribution in [1.29, 1.82) is 0 Å². The third-order valence-corrected chi connectivity index (χ3v) is 5.98. The zero-order valence-electron chi connectivity index (χ0n) is 11.4. The van der Waals surface area contributed by atoms with Crippen molar-refractivity contribution >= 4 is 15.7 Å². The Kier molecular flexibility index (Phi) is 4.50. The van der Waals surface area contributed by atoms with Crippen LogP contribution in [0.25, 0.3) is 0 Å². The summed E-state index contributed by atoms with van der Waals surface area (Å²) in [7, 11) is -2.96. The minimum atomic E-state index is -2.96. The maximum absolute atomic E-state index is 12.3. The van der Waals surface area contributed by atoms with Gasteiger partial charge >= 0.3 is 0 Å². The van der Waals surface area contributed by atoms with Crippen molar-refractivity contribution in [1.82, 2.24) is 4.90 Å². The quantitative estimate of drug-likeness (QED) is 0.810. The van der Waals surface area contributed by atoms with E-state index in [0.717, 1.165) is 25.7 Å². The van der Waals surface area contributed by atoms with Gasteiger partial charge in [0.1, 0.15) is 0 Å². The van der Waals surface area contributed by atoms with Crippen LogP contribution in [0.2, 0.25) is 0 Å². The molecule has 5 nitrogen and oxygen atoms in total. The van der Waals surface area contributed by atoms with E-state index in [2.05, 4.69) is 0 Å². The summed E-state index contributed by atoms with van der Waals surface area (Å²) in [6.07, 6.45) is 6.12. The first-order chi connectivity index (χ1) is 8.90. The molecule has 2 fully saturated rings. The van der Waals surface area contributed by atoms with Gasteiger partial charge in [-0.05, 0) is 19.3 Å². The minimum Gasteiger partial charge on any atom is -0.342 e. The monoisotopic (exact) mass is 288 g/mol. The Labute approximate surface area is 115 Å². The molecular weight excluding hydrogens is 264 g/mol. The lowest BCUT2D eigenvalue weighted by Crippen LogP contribution is -2.47. The van der Waals surface area contributed by atoms with Crippen molar-refractivity contribution in [3.05, 3.63) is 0 Å². The zero-order chi connectivity index (χ0) is 13.9. The number of carbonyl (C=O) groups is 1. The fourth-order valence-corrected chi connectivity index (χ4v) is 4.31. The predicted octanol–water partition coefficient (Wildman–Crippen LogP) is 0.685. The highest BCUT2D eigenvalue weighted by Crippen LogP contribution is 2.29. The van der Waals surface area contributed by atoms with Crippen LogP contribution >= 0.6 is 0 Å². The van der Waals surface area contributed by atoms with E-state index in [-0.39, 0.29) is 23.0 Å². The summed E-state index contributed by atoms with van der Waals surface area (Å²) < 4.78 is 23.1. The number of carbonyl (C=O) groups excluding carboxylic acids is 1. The highest BCUT2D eigenvalue weighted by atomic mass is 32.2. The molecule has 0 aromatic carbocycles. The van der Waals surface area contributed by atoms with E-state index in [1.165, 1.54) is 6.42 Å². The van der Waals surface area contributed by atoms with Gasteiger partial charge in [0.25, 0.3) is 0 Å². The predicted molar refractivity (Wildman–Crippen MR) is 74.5 cm³/mol. The molecule has 1 saturated heterocycles. The van der Waals surface area contributed by atoms with Crippen LogP contribution in [-0.2, 0) is 14.6 Å². The second-order valence-electron chi connectivity index (χ2n) is 5.99. The fraction of sp³-hybridized carbons (Fsp3) is 0.923. The van der Waals surface area contributed by atoms with Crippen LogP contribution in [0.5, 0.6) is 0 Å². The molecule has 1 saturated carbocycles. The number of nitrogens with zero attached hydrogens (tertiary/aromatic N) is 1. The van der Waals surface area contributed by atoms with Crippen LogP contribution in [-0.4, -0.2) is 49.4 Å². The van der Waals surface area contributed by atoms with E-state index in [0.29, 0.717) is 25.9 Å². The number of amides is 1. The van der Waals surface area contributed by atoms with Crippen molar-refractivity contribution in [2.45, 2.75) is 50.5 Å². The molecule has 0 aromatic heterocycles. The normalized spacial score (nSPS) is 26.7. The highest BCUT2D eigenvalue weighted by molar-refractivity contribution is 7.91. The van der Waals surface area contributed by atoms with Gasteiger partial charge in [-0.3, -0.25) is 4.79 Å². The van der Waals surface area contributed by atoms with E-state index in [9.17, 15) is 13.2 Å². The summed E-state index contributed by atoms with van der Waals surface area (Å²) in [5.74, 6) is 0.322. The number of sulfone groups is 1. The average molecular weight is 288 g/mol.